The van der Waals surface area contributed by atoms with E-state index in [0.29, 0.717) is 5.56 Å². The van der Waals surface area contributed by atoms with Crippen molar-refractivity contribution in [3.05, 3.63) is 30.4 Å². The summed E-state index contributed by atoms with van der Waals surface area (Å²) >= 11 is 0. The van der Waals surface area contributed by atoms with Crippen molar-refractivity contribution in [3.8, 4) is 11.4 Å². The van der Waals surface area contributed by atoms with Gasteiger partial charge in [-0.15, -0.1) is 0 Å². The van der Waals surface area contributed by atoms with Gasteiger partial charge in [0, 0.05) is 24.0 Å². The summed E-state index contributed by atoms with van der Waals surface area (Å²) in [5, 5.41) is 8.75. The van der Waals surface area contributed by atoms with E-state index < -0.39 is 5.91 Å². The molecular weight excluding hydrogens is 274 g/mol. The Morgan fingerprint density at radius 1 is 1.38 bits per heavy atom. The Morgan fingerprint density at radius 2 is 2.19 bits per heavy atom. The molecule has 0 saturated carbocycles. The van der Waals surface area contributed by atoms with Gasteiger partial charge in [0.15, 0.2) is 0 Å². The normalized spacial score (nSPS) is 10.4. The summed E-state index contributed by atoms with van der Waals surface area (Å²) in [5.41, 5.74) is 0.637. The molecule has 0 spiro atoms. The van der Waals surface area contributed by atoms with Crippen molar-refractivity contribution >= 4 is 11.8 Å². The van der Waals surface area contributed by atoms with Crippen LogP contribution in [0.4, 0.5) is 0 Å². The largest absolute Gasteiger partial charge is 0.352 e. The third kappa shape index (κ3) is 4.10. The van der Waals surface area contributed by atoms with E-state index in [1.807, 2.05) is 13.8 Å². The van der Waals surface area contributed by atoms with E-state index in [4.69, 9.17) is 4.52 Å². The lowest BCUT2D eigenvalue weighted by Gasteiger charge is -2.07. The molecule has 0 fully saturated rings. The summed E-state index contributed by atoms with van der Waals surface area (Å²) in [6.07, 6.45) is 3.17. The Kier molecular flexibility index (Phi) is 4.60. The van der Waals surface area contributed by atoms with E-state index in [1.165, 1.54) is 0 Å². The van der Waals surface area contributed by atoms with Gasteiger partial charge in [-0.1, -0.05) is 5.16 Å². The standard InChI is InChI=1S/C13H15N5O3/c1-8(2)16-10(19)7-15-12(20)13-17-11(18-21-13)9-4-3-5-14-6-9/h3-6,8H,7H2,1-2H3,(H,15,20)(H,16,19). The Labute approximate surface area is 121 Å². The van der Waals surface area contributed by atoms with Gasteiger partial charge in [0.25, 0.3) is 0 Å². The van der Waals surface area contributed by atoms with Crippen LogP contribution < -0.4 is 10.6 Å². The maximum absolute atomic E-state index is 11.8. The van der Waals surface area contributed by atoms with E-state index in [-0.39, 0.29) is 30.2 Å². The van der Waals surface area contributed by atoms with Gasteiger partial charge in [0.05, 0.1) is 6.54 Å². The average molecular weight is 289 g/mol. The third-order valence-electron chi connectivity index (χ3n) is 2.40. The Morgan fingerprint density at radius 3 is 2.86 bits per heavy atom. The Hall–Kier alpha value is -2.77. The lowest BCUT2D eigenvalue weighted by Crippen LogP contribution is -2.39. The molecule has 2 rings (SSSR count). The van der Waals surface area contributed by atoms with E-state index in [0.717, 1.165) is 0 Å². The minimum atomic E-state index is -0.600. The molecule has 0 aliphatic heterocycles. The zero-order valence-corrected chi connectivity index (χ0v) is 11.7. The van der Waals surface area contributed by atoms with E-state index in [1.54, 1.807) is 24.5 Å². The third-order valence-corrected chi connectivity index (χ3v) is 2.40. The molecule has 0 aliphatic rings. The second-order valence-electron chi connectivity index (χ2n) is 4.57. The number of pyridine rings is 1. The quantitative estimate of drug-likeness (QED) is 0.823. The summed E-state index contributed by atoms with van der Waals surface area (Å²) in [4.78, 5) is 31.1. The molecule has 2 heterocycles. The first-order valence-electron chi connectivity index (χ1n) is 6.38. The first kappa shape index (κ1) is 14.6. The molecule has 0 atom stereocenters. The highest BCUT2D eigenvalue weighted by Crippen LogP contribution is 2.13. The van der Waals surface area contributed by atoms with Crippen LogP contribution in [-0.4, -0.2) is 39.5 Å². The second kappa shape index (κ2) is 6.60. The lowest BCUT2D eigenvalue weighted by molar-refractivity contribution is -0.120. The minimum Gasteiger partial charge on any atom is -0.352 e. The molecule has 0 aromatic carbocycles. The van der Waals surface area contributed by atoms with Gasteiger partial charge in [-0.2, -0.15) is 4.98 Å². The van der Waals surface area contributed by atoms with Crippen LogP contribution in [0.25, 0.3) is 11.4 Å². The van der Waals surface area contributed by atoms with Crippen LogP contribution in [0.3, 0.4) is 0 Å². The van der Waals surface area contributed by atoms with Crippen LogP contribution in [-0.2, 0) is 4.79 Å². The number of nitrogens with one attached hydrogen (secondary N) is 2. The molecular formula is C13H15N5O3. The number of carbonyl (C=O) groups is 2. The summed E-state index contributed by atoms with van der Waals surface area (Å²) in [6.45, 7) is 3.51. The highest BCUT2D eigenvalue weighted by atomic mass is 16.5. The summed E-state index contributed by atoms with van der Waals surface area (Å²) in [5.74, 6) is -0.826. The zero-order valence-electron chi connectivity index (χ0n) is 11.7. The summed E-state index contributed by atoms with van der Waals surface area (Å²) < 4.78 is 4.86. The molecule has 0 aliphatic carbocycles. The molecule has 0 radical (unpaired) electrons. The molecule has 8 heteroatoms. The SMILES string of the molecule is CC(C)NC(=O)CNC(=O)c1nc(-c2cccnc2)no1. The van der Waals surface area contributed by atoms with Gasteiger partial charge in [-0.3, -0.25) is 14.6 Å². The van der Waals surface area contributed by atoms with Gasteiger partial charge in [0.1, 0.15) is 0 Å². The first-order chi connectivity index (χ1) is 10.1. The molecule has 110 valence electrons. The van der Waals surface area contributed by atoms with E-state index >= 15 is 0 Å². The summed E-state index contributed by atoms with van der Waals surface area (Å²) in [7, 11) is 0. The number of rotatable bonds is 5. The molecule has 0 saturated heterocycles. The summed E-state index contributed by atoms with van der Waals surface area (Å²) in [6, 6.07) is 3.48. The first-order valence-corrected chi connectivity index (χ1v) is 6.38. The van der Waals surface area contributed by atoms with E-state index in [2.05, 4.69) is 25.8 Å². The fraction of sp³-hybridized carbons (Fsp3) is 0.308. The van der Waals surface area contributed by atoms with Gasteiger partial charge < -0.3 is 15.2 Å². The smallest absolute Gasteiger partial charge is 0.316 e. The average Bonchev–Trinajstić information content (AvgIpc) is 2.95. The lowest BCUT2D eigenvalue weighted by atomic mass is 10.3. The van der Waals surface area contributed by atoms with Crippen molar-refractivity contribution in [2.45, 2.75) is 19.9 Å². The minimum absolute atomic E-state index is 0.00925. The fourth-order valence-corrected chi connectivity index (χ4v) is 1.54. The van der Waals surface area contributed by atoms with Crippen molar-refractivity contribution in [1.29, 1.82) is 0 Å². The number of nitrogens with zero attached hydrogens (tertiary/aromatic N) is 3. The van der Waals surface area contributed by atoms with Gasteiger partial charge in [0.2, 0.25) is 11.7 Å². The maximum atomic E-state index is 11.8. The van der Waals surface area contributed by atoms with Crippen LogP contribution in [0, 0.1) is 0 Å². The number of hydrogen-bond donors (Lipinski definition) is 2. The molecule has 21 heavy (non-hydrogen) atoms. The van der Waals surface area contributed by atoms with Crippen molar-refractivity contribution in [2.75, 3.05) is 6.54 Å². The van der Waals surface area contributed by atoms with Crippen molar-refractivity contribution in [1.82, 2.24) is 25.8 Å². The maximum Gasteiger partial charge on any atom is 0.316 e. The van der Waals surface area contributed by atoms with Crippen LogP contribution in [0.5, 0.6) is 0 Å². The molecule has 2 aromatic rings. The number of amides is 2. The molecule has 8 nitrogen and oxygen atoms in total. The topological polar surface area (TPSA) is 110 Å². The second-order valence-corrected chi connectivity index (χ2v) is 4.57. The predicted octanol–water partition coefficient (Wildman–Crippen LogP) is 0.386. The molecule has 2 N–H and O–H groups in total. The molecule has 2 aromatic heterocycles. The fourth-order valence-electron chi connectivity index (χ4n) is 1.54. The molecule has 0 bridgehead atoms. The van der Waals surface area contributed by atoms with Gasteiger partial charge in [-0.05, 0) is 26.0 Å². The monoisotopic (exact) mass is 289 g/mol. The highest BCUT2D eigenvalue weighted by Gasteiger charge is 2.17. The van der Waals surface area contributed by atoms with Crippen LogP contribution in [0.1, 0.15) is 24.5 Å². The van der Waals surface area contributed by atoms with Gasteiger partial charge in [-0.25, -0.2) is 0 Å². The Balaban J connectivity index is 1.95. The van der Waals surface area contributed by atoms with E-state index in [9.17, 15) is 9.59 Å². The number of hydrogen-bond acceptors (Lipinski definition) is 6. The van der Waals surface area contributed by atoms with Crippen molar-refractivity contribution < 1.29 is 14.1 Å². The number of carbonyl (C=O) groups excluding carboxylic acids is 2. The zero-order chi connectivity index (χ0) is 15.2. The van der Waals surface area contributed by atoms with Crippen LogP contribution >= 0.6 is 0 Å². The van der Waals surface area contributed by atoms with Crippen LogP contribution in [0.2, 0.25) is 0 Å². The number of aromatic nitrogens is 3. The Bertz CT molecular complexity index is 624. The van der Waals surface area contributed by atoms with Gasteiger partial charge >= 0.3 is 11.8 Å². The highest BCUT2D eigenvalue weighted by molar-refractivity contribution is 5.93. The van der Waals surface area contributed by atoms with Crippen molar-refractivity contribution in [2.24, 2.45) is 0 Å². The van der Waals surface area contributed by atoms with Crippen molar-refractivity contribution in [3.63, 3.8) is 0 Å². The molecule has 0 unspecified atom stereocenters. The predicted molar refractivity (Wildman–Crippen MR) is 73.1 cm³/mol. The molecule has 2 amide bonds. The van der Waals surface area contributed by atoms with Crippen LogP contribution in [0.15, 0.2) is 29.0 Å².